The first kappa shape index (κ1) is 14.4. The molecule has 0 amide bonds. The van der Waals surface area contributed by atoms with E-state index in [1.54, 1.807) is 0 Å². The molecule has 0 aromatic heterocycles. The highest BCUT2D eigenvalue weighted by Gasteiger charge is 2.30. The van der Waals surface area contributed by atoms with Crippen molar-refractivity contribution < 1.29 is 0 Å². The Balaban J connectivity index is 2.50. The number of hydrogen-bond donors (Lipinski definition) is 1. The van der Waals surface area contributed by atoms with E-state index >= 15 is 0 Å². The second kappa shape index (κ2) is 5.30. The summed E-state index contributed by atoms with van der Waals surface area (Å²) < 4.78 is 0. The Kier molecular flexibility index (Phi) is 4.76. The van der Waals surface area contributed by atoms with Gasteiger partial charge in [0.1, 0.15) is 0 Å². The molecule has 0 saturated carbocycles. The minimum atomic E-state index is 0.259. The summed E-state index contributed by atoms with van der Waals surface area (Å²) in [5, 5.41) is 4.65. The topological polar surface area (TPSA) is 12.0 Å². The highest BCUT2D eigenvalue weighted by molar-refractivity contribution is 7.99. The highest BCUT2D eigenvalue weighted by Crippen LogP contribution is 2.31. The minimum Gasteiger partial charge on any atom is -0.308 e. The molecule has 0 aliphatic carbocycles. The van der Waals surface area contributed by atoms with Crippen LogP contribution in [0.5, 0.6) is 0 Å². The summed E-state index contributed by atoms with van der Waals surface area (Å²) in [6.07, 6.45) is 3.95. The third-order valence-corrected chi connectivity index (χ3v) is 4.53. The van der Waals surface area contributed by atoms with Crippen molar-refractivity contribution >= 4 is 11.8 Å². The van der Waals surface area contributed by atoms with Crippen LogP contribution in [0.15, 0.2) is 0 Å². The maximum atomic E-state index is 3.88. The van der Waals surface area contributed by atoms with Gasteiger partial charge in [-0.1, -0.05) is 27.7 Å². The van der Waals surface area contributed by atoms with Gasteiger partial charge >= 0.3 is 0 Å². The summed E-state index contributed by atoms with van der Waals surface area (Å²) in [6.45, 7) is 14.1. The van der Waals surface area contributed by atoms with Crippen molar-refractivity contribution in [3.05, 3.63) is 0 Å². The van der Waals surface area contributed by atoms with E-state index in [-0.39, 0.29) is 5.54 Å². The van der Waals surface area contributed by atoms with Gasteiger partial charge in [0.15, 0.2) is 0 Å². The third-order valence-electron chi connectivity index (χ3n) is 3.16. The van der Waals surface area contributed by atoms with Crippen molar-refractivity contribution in [2.45, 2.75) is 77.6 Å². The lowest BCUT2D eigenvalue weighted by atomic mass is 9.81. The Morgan fingerprint density at radius 3 is 2.31 bits per heavy atom. The molecule has 1 aliphatic heterocycles. The lowest BCUT2D eigenvalue weighted by Gasteiger charge is -2.40. The van der Waals surface area contributed by atoms with Gasteiger partial charge in [-0.25, -0.2) is 0 Å². The van der Waals surface area contributed by atoms with E-state index in [4.69, 9.17) is 0 Å². The summed E-state index contributed by atoms with van der Waals surface area (Å²) in [6, 6.07) is 0.705. The Labute approximate surface area is 106 Å². The normalized spacial score (nSPS) is 28.1. The molecule has 1 aliphatic rings. The summed E-state index contributed by atoms with van der Waals surface area (Å²) in [5.41, 5.74) is 0.663. The van der Waals surface area contributed by atoms with Crippen molar-refractivity contribution in [2.75, 3.05) is 5.75 Å². The maximum absolute atomic E-state index is 3.88. The molecule has 1 rings (SSSR count). The molecular formula is C14H29NS. The van der Waals surface area contributed by atoms with Gasteiger partial charge in [-0.3, -0.25) is 0 Å². The van der Waals surface area contributed by atoms with Crippen LogP contribution in [0.25, 0.3) is 0 Å². The van der Waals surface area contributed by atoms with Crippen LogP contribution in [0.3, 0.4) is 0 Å². The number of hydrogen-bond acceptors (Lipinski definition) is 2. The summed E-state index contributed by atoms with van der Waals surface area (Å²) in [7, 11) is 0. The first-order valence-electron chi connectivity index (χ1n) is 6.59. The van der Waals surface area contributed by atoms with E-state index in [9.17, 15) is 0 Å². The molecule has 0 aromatic carbocycles. The predicted octanol–water partition coefficient (Wildman–Crippen LogP) is 4.07. The Hall–Kier alpha value is 0.310. The maximum Gasteiger partial charge on any atom is 0.0189 e. The molecule has 0 spiro atoms. The summed E-state index contributed by atoms with van der Waals surface area (Å²) in [4.78, 5) is 0. The van der Waals surface area contributed by atoms with Crippen molar-refractivity contribution in [1.29, 1.82) is 0 Å². The van der Waals surface area contributed by atoms with Gasteiger partial charge in [-0.2, -0.15) is 11.8 Å². The highest BCUT2D eigenvalue weighted by atomic mass is 32.2. The van der Waals surface area contributed by atoms with E-state index in [1.807, 2.05) is 0 Å². The Bertz CT molecular complexity index is 217. The number of rotatable bonds is 3. The largest absolute Gasteiger partial charge is 0.308 e. The monoisotopic (exact) mass is 243 g/mol. The number of nitrogens with one attached hydrogen (secondary N) is 1. The van der Waals surface area contributed by atoms with E-state index in [0.717, 1.165) is 5.25 Å². The molecule has 1 heterocycles. The molecule has 2 unspecified atom stereocenters. The lowest BCUT2D eigenvalue weighted by molar-refractivity contribution is 0.216. The van der Waals surface area contributed by atoms with E-state index in [1.165, 1.54) is 25.0 Å². The van der Waals surface area contributed by atoms with Crippen molar-refractivity contribution in [2.24, 2.45) is 5.41 Å². The van der Waals surface area contributed by atoms with Gasteiger partial charge in [0, 0.05) is 16.8 Å². The molecule has 0 bridgehead atoms. The molecule has 96 valence electrons. The lowest BCUT2D eigenvalue weighted by Crippen LogP contribution is -2.52. The van der Waals surface area contributed by atoms with Crippen molar-refractivity contribution in [3.8, 4) is 0 Å². The molecule has 0 aromatic rings. The average Bonchev–Trinajstić information content (AvgIpc) is 2.04. The molecule has 1 nitrogen and oxygen atoms in total. The molecule has 1 N–H and O–H groups in total. The van der Waals surface area contributed by atoms with Gasteiger partial charge in [-0.15, -0.1) is 0 Å². The quantitative estimate of drug-likeness (QED) is 0.802. The molecule has 0 radical (unpaired) electrons. The summed E-state index contributed by atoms with van der Waals surface area (Å²) >= 11 is 2.12. The Morgan fingerprint density at radius 2 is 1.81 bits per heavy atom. The van der Waals surface area contributed by atoms with Crippen LogP contribution < -0.4 is 5.32 Å². The SMILES string of the molecule is CC1SCCCC1NC(C)(C)CC(C)(C)C. The molecule has 1 saturated heterocycles. The fourth-order valence-corrected chi connectivity index (χ4v) is 4.13. The summed E-state index contributed by atoms with van der Waals surface area (Å²) in [5.74, 6) is 1.35. The molecule has 2 heteroatoms. The second-order valence-corrected chi connectivity index (χ2v) is 8.58. The van der Waals surface area contributed by atoms with Gasteiger partial charge in [0.2, 0.25) is 0 Å². The third kappa shape index (κ3) is 5.09. The van der Waals surface area contributed by atoms with Gasteiger partial charge in [0.25, 0.3) is 0 Å². The van der Waals surface area contributed by atoms with Crippen LogP contribution in [-0.4, -0.2) is 22.6 Å². The smallest absolute Gasteiger partial charge is 0.0189 e. The van der Waals surface area contributed by atoms with E-state index in [0.29, 0.717) is 11.5 Å². The predicted molar refractivity (Wildman–Crippen MR) is 76.2 cm³/mol. The zero-order valence-corrected chi connectivity index (χ0v) is 12.7. The minimum absolute atomic E-state index is 0.259. The fraction of sp³-hybridized carbons (Fsp3) is 1.00. The number of thioether (sulfide) groups is 1. The van der Waals surface area contributed by atoms with Crippen LogP contribution in [0.2, 0.25) is 0 Å². The van der Waals surface area contributed by atoms with Crippen molar-refractivity contribution in [3.63, 3.8) is 0 Å². The molecular weight excluding hydrogens is 214 g/mol. The van der Waals surface area contributed by atoms with Gasteiger partial charge < -0.3 is 5.32 Å². The zero-order valence-electron chi connectivity index (χ0n) is 11.9. The van der Waals surface area contributed by atoms with Gasteiger partial charge in [0.05, 0.1) is 0 Å². The molecule has 2 atom stereocenters. The standard InChI is InChI=1S/C14H29NS/c1-11-12(8-7-9-16-11)15-14(5,6)10-13(2,3)4/h11-12,15H,7-10H2,1-6H3. The van der Waals surface area contributed by atoms with Gasteiger partial charge in [-0.05, 0) is 44.3 Å². The van der Waals surface area contributed by atoms with Crippen LogP contribution in [0.4, 0.5) is 0 Å². The van der Waals surface area contributed by atoms with Crippen LogP contribution in [-0.2, 0) is 0 Å². The second-order valence-electron chi connectivity index (χ2n) is 7.09. The van der Waals surface area contributed by atoms with E-state index in [2.05, 4.69) is 58.6 Å². The first-order chi connectivity index (χ1) is 7.20. The first-order valence-corrected chi connectivity index (χ1v) is 7.64. The van der Waals surface area contributed by atoms with Crippen LogP contribution in [0, 0.1) is 5.41 Å². The zero-order chi connectivity index (χ0) is 12.4. The molecule has 1 fully saturated rings. The van der Waals surface area contributed by atoms with E-state index < -0.39 is 0 Å². The fourth-order valence-electron chi connectivity index (χ4n) is 2.99. The van der Waals surface area contributed by atoms with Crippen molar-refractivity contribution in [1.82, 2.24) is 5.32 Å². The molecule has 16 heavy (non-hydrogen) atoms. The Morgan fingerprint density at radius 1 is 1.19 bits per heavy atom. The van der Waals surface area contributed by atoms with Crippen LogP contribution >= 0.6 is 11.8 Å². The van der Waals surface area contributed by atoms with Crippen LogP contribution in [0.1, 0.15) is 60.8 Å². The average molecular weight is 243 g/mol.